The number of phenols is 1. The van der Waals surface area contributed by atoms with Crippen molar-refractivity contribution in [2.24, 2.45) is 0 Å². The predicted octanol–water partition coefficient (Wildman–Crippen LogP) is 4.44. The number of carbonyl (C=O) groups is 1. The number of rotatable bonds is 5. The van der Waals surface area contributed by atoms with Crippen molar-refractivity contribution in [3.05, 3.63) is 82.5 Å². The van der Waals surface area contributed by atoms with Crippen LogP contribution in [0.4, 0.5) is 5.69 Å². The number of anilines is 1. The SMILES string of the molecule is N#C/C(=C/NCc1ccccc1Br)C(=O)Nc1cccc2c(O)cccc12. The second kappa shape index (κ2) is 8.39. The van der Waals surface area contributed by atoms with Gasteiger partial charge in [0.2, 0.25) is 0 Å². The Hall–Kier alpha value is -3.30. The minimum absolute atomic E-state index is 0.0424. The van der Waals surface area contributed by atoms with Crippen LogP contribution in [0.1, 0.15) is 5.56 Å². The molecule has 134 valence electrons. The fourth-order valence-corrected chi connectivity index (χ4v) is 3.07. The Bertz CT molecular complexity index is 1070. The maximum absolute atomic E-state index is 12.5. The van der Waals surface area contributed by atoms with Crippen LogP contribution < -0.4 is 10.6 Å². The van der Waals surface area contributed by atoms with Crippen LogP contribution in [-0.2, 0) is 11.3 Å². The molecule has 0 fully saturated rings. The van der Waals surface area contributed by atoms with Gasteiger partial charge in [0, 0.05) is 33.7 Å². The maximum atomic E-state index is 12.5. The molecule has 0 atom stereocenters. The zero-order valence-electron chi connectivity index (χ0n) is 14.2. The number of phenolic OH excluding ortho intramolecular Hbond substituents is 1. The second-order valence-corrected chi connectivity index (χ2v) is 6.63. The number of nitrogens with one attached hydrogen (secondary N) is 2. The van der Waals surface area contributed by atoms with Gasteiger partial charge in [0.15, 0.2) is 0 Å². The Balaban J connectivity index is 1.75. The lowest BCUT2D eigenvalue weighted by atomic mass is 10.1. The van der Waals surface area contributed by atoms with Gasteiger partial charge in [0.25, 0.3) is 5.91 Å². The minimum atomic E-state index is -0.520. The van der Waals surface area contributed by atoms with Crippen LogP contribution in [0.25, 0.3) is 10.8 Å². The van der Waals surface area contributed by atoms with Crippen LogP contribution in [-0.4, -0.2) is 11.0 Å². The fourth-order valence-electron chi connectivity index (χ4n) is 2.65. The summed E-state index contributed by atoms with van der Waals surface area (Å²) < 4.78 is 0.949. The molecule has 3 aromatic carbocycles. The lowest BCUT2D eigenvalue weighted by Gasteiger charge is -2.09. The molecule has 3 N–H and O–H groups in total. The first-order valence-electron chi connectivity index (χ1n) is 8.19. The van der Waals surface area contributed by atoms with Crippen molar-refractivity contribution < 1.29 is 9.90 Å². The molecular weight excluding hydrogens is 406 g/mol. The van der Waals surface area contributed by atoms with Crippen LogP contribution in [0, 0.1) is 11.3 Å². The monoisotopic (exact) mass is 421 g/mol. The molecule has 0 aromatic heterocycles. The largest absolute Gasteiger partial charge is 0.507 e. The highest BCUT2D eigenvalue weighted by Crippen LogP contribution is 2.29. The van der Waals surface area contributed by atoms with E-state index in [0.717, 1.165) is 10.0 Å². The van der Waals surface area contributed by atoms with E-state index < -0.39 is 5.91 Å². The predicted molar refractivity (Wildman–Crippen MR) is 109 cm³/mol. The number of nitriles is 1. The molecule has 0 bridgehead atoms. The van der Waals surface area contributed by atoms with Crippen molar-refractivity contribution in [3.63, 3.8) is 0 Å². The van der Waals surface area contributed by atoms with Gasteiger partial charge in [-0.15, -0.1) is 0 Å². The van der Waals surface area contributed by atoms with E-state index in [-0.39, 0.29) is 11.3 Å². The lowest BCUT2D eigenvalue weighted by Crippen LogP contribution is -2.17. The molecule has 0 heterocycles. The van der Waals surface area contributed by atoms with E-state index in [4.69, 9.17) is 0 Å². The van der Waals surface area contributed by atoms with Gasteiger partial charge < -0.3 is 15.7 Å². The third-order valence-electron chi connectivity index (χ3n) is 4.01. The number of nitrogens with zero attached hydrogens (tertiary/aromatic N) is 1. The first-order valence-corrected chi connectivity index (χ1v) is 8.98. The van der Waals surface area contributed by atoms with Gasteiger partial charge in [0.1, 0.15) is 17.4 Å². The summed E-state index contributed by atoms with van der Waals surface area (Å²) in [4.78, 5) is 12.5. The maximum Gasteiger partial charge on any atom is 0.267 e. The Morgan fingerprint density at radius 1 is 1.07 bits per heavy atom. The Morgan fingerprint density at radius 2 is 1.81 bits per heavy atom. The van der Waals surface area contributed by atoms with Gasteiger partial charge in [-0.1, -0.05) is 58.4 Å². The van der Waals surface area contributed by atoms with Gasteiger partial charge in [0.05, 0.1) is 0 Å². The van der Waals surface area contributed by atoms with Crippen LogP contribution in [0.2, 0.25) is 0 Å². The summed E-state index contributed by atoms with van der Waals surface area (Å²) in [5.74, 6) is -0.386. The average molecular weight is 422 g/mol. The van der Waals surface area contributed by atoms with Crippen molar-refractivity contribution in [3.8, 4) is 11.8 Å². The summed E-state index contributed by atoms with van der Waals surface area (Å²) in [6, 6.07) is 19.9. The van der Waals surface area contributed by atoms with E-state index in [1.807, 2.05) is 30.3 Å². The molecular formula is C21H16BrN3O2. The zero-order valence-corrected chi connectivity index (χ0v) is 15.8. The summed E-state index contributed by atoms with van der Waals surface area (Å²) in [7, 11) is 0. The van der Waals surface area contributed by atoms with E-state index in [0.29, 0.717) is 23.0 Å². The summed E-state index contributed by atoms with van der Waals surface area (Å²) in [5.41, 5.74) is 1.50. The van der Waals surface area contributed by atoms with Gasteiger partial charge in [-0.05, 0) is 23.8 Å². The highest BCUT2D eigenvalue weighted by Gasteiger charge is 2.12. The Labute approximate surface area is 165 Å². The zero-order chi connectivity index (χ0) is 19.2. The summed E-state index contributed by atoms with van der Waals surface area (Å²) in [5, 5.41) is 26.3. The number of amides is 1. The van der Waals surface area contributed by atoms with Crippen molar-refractivity contribution in [1.29, 1.82) is 5.26 Å². The number of hydrogen-bond acceptors (Lipinski definition) is 4. The quantitative estimate of drug-likeness (QED) is 0.419. The van der Waals surface area contributed by atoms with Crippen molar-refractivity contribution in [2.45, 2.75) is 6.54 Å². The number of halogens is 1. The summed E-state index contributed by atoms with van der Waals surface area (Å²) in [6.45, 7) is 0.474. The molecule has 27 heavy (non-hydrogen) atoms. The molecule has 5 nitrogen and oxygen atoms in total. The average Bonchev–Trinajstić information content (AvgIpc) is 2.67. The number of benzene rings is 3. The Morgan fingerprint density at radius 3 is 2.59 bits per heavy atom. The summed E-state index contributed by atoms with van der Waals surface area (Å²) in [6.07, 6.45) is 1.40. The van der Waals surface area contributed by atoms with E-state index in [1.54, 1.807) is 36.4 Å². The number of aromatic hydroxyl groups is 1. The molecule has 0 saturated carbocycles. The topological polar surface area (TPSA) is 85.2 Å². The van der Waals surface area contributed by atoms with Crippen molar-refractivity contribution >= 4 is 38.3 Å². The van der Waals surface area contributed by atoms with E-state index in [2.05, 4.69) is 26.6 Å². The van der Waals surface area contributed by atoms with Crippen LogP contribution >= 0.6 is 15.9 Å². The third-order valence-corrected chi connectivity index (χ3v) is 4.78. The second-order valence-electron chi connectivity index (χ2n) is 5.77. The fraction of sp³-hybridized carbons (Fsp3) is 0.0476. The van der Waals surface area contributed by atoms with Gasteiger partial charge >= 0.3 is 0 Å². The third kappa shape index (κ3) is 4.27. The molecule has 0 aliphatic rings. The van der Waals surface area contributed by atoms with Crippen molar-refractivity contribution in [1.82, 2.24) is 5.32 Å². The molecule has 6 heteroatoms. The Kier molecular flexibility index (Phi) is 5.74. The van der Waals surface area contributed by atoms with Crippen LogP contribution in [0.15, 0.2) is 76.9 Å². The first-order chi connectivity index (χ1) is 13.1. The van der Waals surface area contributed by atoms with Crippen molar-refractivity contribution in [2.75, 3.05) is 5.32 Å². The van der Waals surface area contributed by atoms with E-state index in [9.17, 15) is 15.2 Å². The summed E-state index contributed by atoms with van der Waals surface area (Å²) >= 11 is 3.46. The molecule has 3 aromatic rings. The normalized spacial score (nSPS) is 11.0. The van der Waals surface area contributed by atoms with E-state index in [1.165, 1.54) is 6.20 Å². The molecule has 0 aliphatic heterocycles. The molecule has 0 unspecified atom stereocenters. The number of hydrogen-bond donors (Lipinski definition) is 3. The number of fused-ring (bicyclic) bond motifs is 1. The smallest absolute Gasteiger partial charge is 0.267 e. The van der Waals surface area contributed by atoms with Crippen LogP contribution in [0.5, 0.6) is 5.75 Å². The number of carbonyl (C=O) groups excluding carboxylic acids is 1. The highest BCUT2D eigenvalue weighted by atomic mass is 79.9. The first kappa shape index (κ1) is 18.5. The molecule has 0 aliphatic carbocycles. The molecule has 0 saturated heterocycles. The standard InChI is InChI=1S/C21H16BrN3O2/c22-18-8-2-1-5-14(18)12-24-13-15(11-23)21(27)25-19-9-3-7-17-16(19)6-4-10-20(17)26/h1-10,13,24,26H,12H2,(H,25,27)/b15-13-. The molecule has 0 spiro atoms. The minimum Gasteiger partial charge on any atom is -0.507 e. The highest BCUT2D eigenvalue weighted by molar-refractivity contribution is 9.10. The lowest BCUT2D eigenvalue weighted by molar-refractivity contribution is -0.112. The molecule has 1 amide bonds. The molecule has 3 rings (SSSR count). The van der Waals surface area contributed by atoms with Gasteiger partial charge in [-0.3, -0.25) is 4.79 Å². The van der Waals surface area contributed by atoms with E-state index >= 15 is 0 Å². The molecule has 0 radical (unpaired) electrons. The van der Waals surface area contributed by atoms with Gasteiger partial charge in [-0.25, -0.2) is 0 Å². The van der Waals surface area contributed by atoms with Crippen LogP contribution in [0.3, 0.4) is 0 Å². The van der Waals surface area contributed by atoms with Gasteiger partial charge in [-0.2, -0.15) is 5.26 Å².